The predicted octanol–water partition coefficient (Wildman–Crippen LogP) is 1.59. The molecule has 10 heteroatoms. The van der Waals surface area contributed by atoms with Gasteiger partial charge in [0.25, 0.3) is 0 Å². The second-order valence-electron chi connectivity index (χ2n) is 8.87. The molecule has 3 amide bonds. The number of amides is 3. The van der Waals surface area contributed by atoms with E-state index in [1.807, 2.05) is 38.1 Å². The van der Waals surface area contributed by atoms with Crippen molar-refractivity contribution in [2.75, 3.05) is 26.4 Å². The molecular formula is C25H38N4O6. The molecule has 0 aliphatic carbocycles. The summed E-state index contributed by atoms with van der Waals surface area (Å²) in [5, 5.41) is 17.6. The van der Waals surface area contributed by atoms with Crippen LogP contribution in [0.1, 0.15) is 38.7 Å². The van der Waals surface area contributed by atoms with E-state index in [0.717, 1.165) is 5.56 Å². The number of nitrogens with two attached hydrogens (primary N) is 1. The molecule has 0 saturated heterocycles. The summed E-state index contributed by atoms with van der Waals surface area (Å²) in [5.41, 5.74) is 6.29. The first-order valence-corrected chi connectivity index (χ1v) is 12.0. The highest BCUT2D eigenvalue weighted by Crippen LogP contribution is 2.14. The molecule has 2 heterocycles. The number of urea groups is 1. The van der Waals surface area contributed by atoms with Gasteiger partial charge in [0.05, 0.1) is 19.3 Å². The number of rotatable bonds is 8. The van der Waals surface area contributed by atoms with E-state index >= 15 is 0 Å². The van der Waals surface area contributed by atoms with Crippen molar-refractivity contribution in [1.29, 1.82) is 0 Å². The number of aliphatic carboxylic acids is 1. The van der Waals surface area contributed by atoms with Crippen LogP contribution in [0.15, 0.2) is 36.4 Å². The van der Waals surface area contributed by atoms with Gasteiger partial charge in [-0.2, -0.15) is 0 Å². The molecule has 1 aromatic rings. The van der Waals surface area contributed by atoms with Crippen LogP contribution < -0.4 is 26.4 Å². The zero-order valence-electron chi connectivity index (χ0n) is 20.5. The molecule has 2 aliphatic heterocycles. The van der Waals surface area contributed by atoms with E-state index in [1.165, 1.54) is 0 Å². The number of carboxylic acid groups (broad SMARTS) is 1. The van der Waals surface area contributed by atoms with E-state index < -0.39 is 24.1 Å². The largest absolute Gasteiger partial charge is 0.490 e. The average Bonchev–Trinajstić information content (AvgIpc) is 2.81. The lowest BCUT2D eigenvalue weighted by atomic mass is 10.0. The van der Waals surface area contributed by atoms with Crippen LogP contribution in [0.25, 0.3) is 0 Å². The van der Waals surface area contributed by atoms with E-state index in [4.69, 9.17) is 15.2 Å². The lowest BCUT2D eigenvalue weighted by Crippen LogP contribution is -2.56. The number of ether oxygens (including phenoxy) is 2. The minimum Gasteiger partial charge on any atom is -0.490 e. The van der Waals surface area contributed by atoms with Crippen LogP contribution >= 0.6 is 0 Å². The topological polar surface area (TPSA) is 152 Å². The molecule has 0 aromatic heterocycles. The number of carbonyl (C=O) groups excluding carboxylic acids is 2. The second-order valence-corrected chi connectivity index (χ2v) is 8.87. The quantitative estimate of drug-likeness (QED) is 0.274. The van der Waals surface area contributed by atoms with Crippen LogP contribution in [0.3, 0.4) is 0 Å². The maximum absolute atomic E-state index is 13.2. The number of fused-ring (bicyclic) bond motifs is 12. The molecule has 3 rings (SSSR count). The molecule has 6 N–H and O–H groups in total. The van der Waals surface area contributed by atoms with Gasteiger partial charge < -0.3 is 36.3 Å². The van der Waals surface area contributed by atoms with Crippen molar-refractivity contribution in [2.45, 2.75) is 57.7 Å². The summed E-state index contributed by atoms with van der Waals surface area (Å²) < 4.78 is 11.4. The molecule has 0 radical (unpaired) electrons. The summed E-state index contributed by atoms with van der Waals surface area (Å²) in [6, 6.07) is 4.29. The second kappa shape index (κ2) is 15.0. The summed E-state index contributed by atoms with van der Waals surface area (Å²) >= 11 is 0. The third-order valence-corrected chi connectivity index (χ3v) is 5.69. The monoisotopic (exact) mass is 490 g/mol. The predicted molar refractivity (Wildman–Crippen MR) is 132 cm³/mol. The number of carboxylic acids is 1. The summed E-state index contributed by atoms with van der Waals surface area (Å²) in [6.45, 7) is 5.50. The first kappa shape index (κ1) is 28.1. The number of benzene rings is 1. The van der Waals surface area contributed by atoms with E-state index in [-0.39, 0.29) is 30.7 Å². The summed E-state index contributed by atoms with van der Waals surface area (Å²) in [4.78, 5) is 37.5. The fourth-order valence-corrected chi connectivity index (χ4v) is 3.50. The van der Waals surface area contributed by atoms with Crippen LogP contribution in [0.4, 0.5) is 4.79 Å². The summed E-state index contributed by atoms with van der Waals surface area (Å²) in [7, 11) is 0. The molecule has 2 aliphatic rings. The Morgan fingerprint density at radius 2 is 1.89 bits per heavy atom. The third-order valence-electron chi connectivity index (χ3n) is 5.69. The third kappa shape index (κ3) is 10.4. The number of carbonyl (C=O) groups is 3. The maximum Gasteiger partial charge on any atom is 0.326 e. The Hall–Kier alpha value is -3.11. The SMILES string of the molecule is CC(C)[C@H]1COCC=CCOc2ccc(cc2)C[C@@H](NC(=O)N[C@@H](CCCCN)C(=O)O)C(=O)N1. The van der Waals surface area contributed by atoms with Gasteiger partial charge >= 0.3 is 12.0 Å². The van der Waals surface area contributed by atoms with Crippen molar-refractivity contribution in [1.82, 2.24) is 16.0 Å². The van der Waals surface area contributed by atoms with Gasteiger partial charge in [-0.15, -0.1) is 0 Å². The molecule has 0 saturated carbocycles. The molecule has 0 unspecified atom stereocenters. The molecule has 10 nitrogen and oxygen atoms in total. The zero-order chi connectivity index (χ0) is 25.6. The van der Waals surface area contributed by atoms with Crippen molar-refractivity contribution in [3.63, 3.8) is 0 Å². The van der Waals surface area contributed by atoms with Crippen LogP contribution in [-0.4, -0.2) is 67.5 Å². The van der Waals surface area contributed by atoms with Crippen molar-refractivity contribution >= 4 is 17.9 Å². The number of hydrogen-bond acceptors (Lipinski definition) is 6. The number of unbranched alkanes of at least 4 members (excludes halogenated alkanes) is 1. The van der Waals surface area contributed by atoms with Gasteiger partial charge in [0.15, 0.2) is 0 Å². The summed E-state index contributed by atoms with van der Waals surface area (Å²) in [5.74, 6) is -0.737. The fraction of sp³-hybridized carbons (Fsp3) is 0.560. The standard InChI is InChI=1S/C25H38N4O6/c1-17(2)22-16-34-13-5-6-14-35-19-10-8-18(9-11-19)15-21(23(30)27-22)29-25(33)28-20(24(31)32)7-3-4-12-26/h5-6,8-11,17,20-22H,3-4,7,12-16,26H2,1-2H3,(H,27,30)(H,31,32)(H2,28,29,33)/t20-,21+,22+/m0/s1. The van der Waals surface area contributed by atoms with Crippen molar-refractivity contribution < 1.29 is 29.0 Å². The molecule has 2 bridgehead atoms. The van der Waals surface area contributed by atoms with Crippen LogP contribution in [0.2, 0.25) is 0 Å². The smallest absolute Gasteiger partial charge is 0.326 e. The van der Waals surface area contributed by atoms with E-state index in [0.29, 0.717) is 45.0 Å². The van der Waals surface area contributed by atoms with Gasteiger partial charge in [-0.25, -0.2) is 9.59 Å². The zero-order valence-corrected chi connectivity index (χ0v) is 20.5. The Morgan fingerprint density at radius 3 is 2.54 bits per heavy atom. The van der Waals surface area contributed by atoms with Crippen LogP contribution in [-0.2, 0) is 20.7 Å². The molecule has 1 aromatic carbocycles. The van der Waals surface area contributed by atoms with Crippen molar-refractivity contribution in [3.8, 4) is 5.75 Å². The highest BCUT2D eigenvalue weighted by molar-refractivity contribution is 5.89. The van der Waals surface area contributed by atoms with Gasteiger partial charge in [0, 0.05) is 6.42 Å². The van der Waals surface area contributed by atoms with Crippen LogP contribution in [0, 0.1) is 5.92 Å². The average molecular weight is 491 g/mol. The van der Waals surface area contributed by atoms with Gasteiger partial charge in [-0.3, -0.25) is 4.79 Å². The molecule has 0 fully saturated rings. The normalized spacial score (nSPS) is 20.1. The molecule has 194 valence electrons. The molecular weight excluding hydrogens is 452 g/mol. The van der Waals surface area contributed by atoms with E-state index in [2.05, 4.69) is 16.0 Å². The van der Waals surface area contributed by atoms with Crippen molar-refractivity contribution in [3.05, 3.63) is 42.0 Å². The Kier molecular flexibility index (Phi) is 12.1. The Labute approximate surface area is 206 Å². The van der Waals surface area contributed by atoms with Gasteiger partial charge in [0.1, 0.15) is 24.4 Å². The Morgan fingerprint density at radius 1 is 1.17 bits per heavy atom. The van der Waals surface area contributed by atoms with Gasteiger partial charge in [-0.1, -0.05) is 32.1 Å². The highest BCUT2D eigenvalue weighted by atomic mass is 16.5. The lowest BCUT2D eigenvalue weighted by Gasteiger charge is -2.26. The Balaban J connectivity index is 2.18. The van der Waals surface area contributed by atoms with Crippen LogP contribution in [0.5, 0.6) is 5.75 Å². The number of hydrogen-bond donors (Lipinski definition) is 5. The summed E-state index contributed by atoms with van der Waals surface area (Å²) in [6.07, 6.45) is 5.43. The van der Waals surface area contributed by atoms with Gasteiger partial charge in [0.2, 0.25) is 5.91 Å². The van der Waals surface area contributed by atoms with Gasteiger partial charge in [-0.05, 0) is 55.5 Å². The van der Waals surface area contributed by atoms with E-state index in [9.17, 15) is 19.5 Å². The Bertz CT molecular complexity index is 843. The minimum atomic E-state index is -1.14. The first-order valence-electron chi connectivity index (χ1n) is 12.0. The molecule has 0 spiro atoms. The minimum absolute atomic E-state index is 0.0952. The lowest BCUT2D eigenvalue weighted by molar-refractivity contribution is -0.139. The fourth-order valence-electron chi connectivity index (χ4n) is 3.50. The first-order chi connectivity index (χ1) is 16.8. The van der Waals surface area contributed by atoms with E-state index in [1.54, 1.807) is 12.1 Å². The maximum atomic E-state index is 13.2. The molecule has 3 atom stereocenters. The van der Waals surface area contributed by atoms with Crippen molar-refractivity contribution in [2.24, 2.45) is 11.7 Å². The molecule has 35 heavy (non-hydrogen) atoms. The highest BCUT2D eigenvalue weighted by Gasteiger charge is 2.27. The number of nitrogens with one attached hydrogen (secondary N) is 3.